The summed E-state index contributed by atoms with van der Waals surface area (Å²) >= 11 is 0. The average Bonchev–Trinajstić information content (AvgIpc) is 3.43. The van der Waals surface area contributed by atoms with Gasteiger partial charge in [0.25, 0.3) is 11.5 Å². The molecule has 1 saturated heterocycles. The number of nitrogens with zero attached hydrogens (tertiary/aromatic N) is 2. The predicted molar refractivity (Wildman–Crippen MR) is 153 cm³/mol. The van der Waals surface area contributed by atoms with E-state index >= 15 is 0 Å². The predicted octanol–water partition coefficient (Wildman–Crippen LogP) is 3.88. The van der Waals surface area contributed by atoms with Crippen LogP contribution in [0.1, 0.15) is 44.5 Å². The average molecular weight is 589 g/mol. The van der Waals surface area contributed by atoms with Gasteiger partial charge in [0, 0.05) is 12.0 Å². The van der Waals surface area contributed by atoms with Gasteiger partial charge in [0.2, 0.25) is 5.82 Å². The van der Waals surface area contributed by atoms with Gasteiger partial charge in [-0.3, -0.25) is 14.2 Å². The lowest BCUT2D eigenvalue weighted by molar-refractivity contribution is -0.0710. The van der Waals surface area contributed by atoms with Crippen LogP contribution in [-0.4, -0.2) is 46.9 Å². The molecule has 0 spiro atoms. The van der Waals surface area contributed by atoms with Crippen LogP contribution in [0.3, 0.4) is 0 Å². The number of methoxy groups -OCH3 is 1. The van der Waals surface area contributed by atoms with Gasteiger partial charge in [-0.1, -0.05) is 54.1 Å². The Morgan fingerprint density at radius 1 is 0.977 bits per heavy atom. The number of hydrogen-bond donors (Lipinski definition) is 0. The first kappa shape index (κ1) is 29.6. The number of halogens is 1. The van der Waals surface area contributed by atoms with Crippen molar-refractivity contribution in [2.75, 3.05) is 13.7 Å². The van der Waals surface area contributed by atoms with E-state index in [0.29, 0.717) is 11.9 Å². The van der Waals surface area contributed by atoms with Crippen molar-refractivity contribution in [1.29, 1.82) is 0 Å². The molecular weight excluding hydrogens is 559 g/mol. The molecule has 1 aromatic heterocycles. The van der Waals surface area contributed by atoms with Gasteiger partial charge in [-0.15, -0.1) is 0 Å². The molecule has 11 heteroatoms. The number of aryl methyl sites for hydroxylation is 1. The Morgan fingerprint density at radius 3 is 2.47 bits per heavy atom. The number of ether oxygens (including phenoxy) is 4. The lowest BCUT2D eigenvalue weighted by Crippen LogP contribution is -2.46. The molecule has 2 heterocycles. The van der Waals surface area contributed by atoms with E-state index in [2.05, 4.69) is 0 Å². The smallest absolute Gasteiger partial charge is 0.340 e. The molecule has 3 atom stereocenters. The van der Waals surface area contributed by atoms with Gasteiger partial charge in [0.1, 0.15) is 24.7 Å². The van der Waals surface area contributed by atoms with Crippen molar-refractivity contribution in [3.05, 3.63) is 134 Å². The highest BCUT2D eigenvalue weighted by Crippen LogP contribution is 2.31. The zero-order chi connectivity index (χ0) is 30.5. The fraction of sp³-hybridized carbons (Fsp3) is 0.250. The van der Waals surface area contributed by atoms with Gasteiger partial charge < -0.3 is 18.9 Å². The van der Waals surface area contributed by atoms with E-state index in [1.807, 2.05) is 30.3 Å². The fourth-order valence-electron chi connectivity index (χ4n) is 4.80. The van der Waals surface area contributed by atoms with Crippen LogP contribution in [0.15, 0.2) is 94.6 Å². The molecule has 10 nitrogen and oxygen atoms in total. The Hall–Kier alpha value is -4.87. The topological polar surface area (TPSA) is 115 Å². The van der Waals surface area contributed by atoms with Gasteiger partial charge in [-0.05, 0) is 42.8 Å². The van der Waals surface area contributed by atoms with Crippen molar-refractivity contribution in [2.24, 2.45) is 0 Å². The summed E-state index contributed by atoms with van der Waals surface area (Å²) in [5.41, 5.74) is -0.533. The number of aromatic nitrogens is 2. The number of carbonyl (C=O) groups excluding carboxylic acids is 2. The second kappa shape index (κ2) is 13.0. The molecule has 0 N–H and O–H groups in total. The van der Waals surface area contributed by atoms with E-state index in [-0.39, 0.29) is 35.3 Å². The number of carbonyl (C=O) groups is 2. The molecule has 1 fully saturated rings. The van der Waals surface area contributed by atoms with Gasteiger partial charge in [0.15, 0.2) is 0 Å². The molecule has 1 aliphatic heterocycles. The van der Waals surface area contributed by atoms with Crippen LogP contribution in [0.4, 0.5) is 4.39 Å². The summed E-state index contributed by atoms with van der Waals surface area (Å²) in [7, 11) is 1.48. The molecule has 4 aromatic rings. The third kappa shape index (κ3) is 6.63. The van der Waals surface area contributed by atoms with E-state index in [4.69, 9.17) is 18.9 Å². The Kier molecular flexibility index (Phi) is 8.93. The first-order valence-electron chi connectivity index (χ1n) is 13.5. The maximum absolute atomic E-state index is 14.9. The lowest BCUT2D eigenvalue weighted by Gasteiger charge is -2.19. The van der Waals surface area contributed by atoms with Crippen LogP contribution < -0.4 is 16.0 Å². The van der Waals surface area contributed by atoms with Gasteiger partial charge in [0.05, 0.1) is 31.6 Å². The molecule has 1 unspecified atom stereocenters. The van der Waals surface area contributed by atoms with Crippen molar-refractivity contribution in [2.45, 2.75) is 38.4 Å². The first-order valence-corrected chi connectivity index (χ1v) is 13.5. The summed E-state index contributed by atoms with van der Waals surface area (Å²) in [6, 6.07) is 22.0. The summed E-state index contributed by atoms with van der Waals surface area (Å²) in [4.78, 5) is 52.0. The number of hydrogen-bond acceptors (Lipinski definition) is 8. The van der Waals surface area contributed by atoms with E-state index in [9.17, 15) is 23.6 Å². The highest BCUT2D eigenvalue weighted by molar-refractivity contribution is 5.95. The van der Waals surface area contributed by atoms with Gasteiger partial charge in [-0.25, -0.2) is 9.59 Å². The normalized spacial score (nSPS) is 17.9. The molecule has 0 radical (unpaired) electrons. The van der Waals surface area contributed by atoms with Crippen molar-refractivity contribution < 1.29 is 32.9 Å². The molecule has 222 valence electrons. The van der Waals surface area contributed by atoms with Crippen LogP contribution in [-0.2, 0) is 20.8 Å². The van der Waals surface area contributed by atoms with Crippen molar-refractivity contribution >= 4 is 11.9 Å². The molecule has 1 aliphatic rings. The molecule has 5 rings (SSSR count). The largest absolute Gasteiger partial charge is 0.497 e. The van der Waals surface area contributed by atoms with Gasteiger partial charge in [-0.2, -0.15) is 8.96 Å². The summed E-state index contributed by atoms with van der Waals surface area (Å²) in [5.74, 6) is -2.43. The summed E-state index contributed by atoms with van der Waals surface area (Å²) in [5, 5.41) is 0. The number of rotatable bonds is 9. The summed E-state index contributed by atoms with van der Waals surface area (Å²) < 4.78 is 38.8. The van der Waals surface area contributed by atoms with E-state index in [1.54, 1.807) is 37.3 Å². The van der Waals surface area contributed by atoms with E-state index in [1.165, 1.54) is 25.3 Å². The Morgan fingerprint density at radius 2 is 1.72 bits per heavy atom. The van der Waals surface area contributed by atoms with E-state index < -0.39 is 47.4 Å². The minimum Gasteiger partial charge on any atom is -0.497 e. The fourth-order valence-corrected chi connectivity index (χ4v) is 4.80. The number of esters is 1. The Bertz CT molecular complexity index is 1750. The van der Waals surface area contributed by atoms with Crippen LogP contribution in [0, 0.1) is 12.7 Å². The lowest BCUT2D eigenvalue weighted by atomic mass is 10.1. The van der Waals surface area contributed by atoms with Gasteiger partial charge >= 0.3 is 11.7 Å². The third-order valence-corrected chi connectivity index (χ3v) is 7.02. The van der Waals surface area contributed by atoms with Crippen molar-refractivity contribution in [3.63, 3.8) is 0 Å². The minimum atomic E-state index is -1.37. The third-order valence-electron chi connectivity index (χ3n) is 7.02. The molecular formula is C32H29FN2O8. The molecule has 3 aromatic carbocycles. The van der Waals surface area contributed by atoms with Crippen LogP contribution >= 0.6 is 0 Å². The SMILES string of the molecule is COc1cccc(C(=O)OC[C@@H]2O[C@H](n3cc(F)c(=O)n(C(=O)c4cccc(C)c4)c3=O)CC2OCc2ccccc2)c1. The Balaban J connectivity index is 1.41. The molecule has 0 saturated carbocycles. The highest BCUT2D eigenvalue weighted by atomic mass is 19.1. The Labute approximate surface area is 245 Å². The van der Waals surface area contributed by atoms with Crippen molar-refractivity contribution in [3.8, 4) is 5.75 Å². The molecule has 43 heavy (non-hydrogen) atoms. The maximum atomic E-state index is 14.9. The first-order chi connectivity index (χ1) is 20.7. The van der Waals surface area contributed by atoms with Crippen LogP contribution in [0.5, 0.6) is 5.75 Å². The van der Waals surface area contributed by atoms with Crippen LogP contribution in [0.2, 0.25) is 0 Å². The van der Waals surface area contributed by atoms with Crippen LogP contribution in [0.25, 0.3) is 0 Å². The van der Waals surface area contributed by atoms with Crippen molar-refractivity contribution in [1.82, 2.24) is 9.13 Å². The summed E-state index contributed by atoms with van der Waals surface area (Å²) in [6.07, 6.45) is -1.91. The monoisotopic (exact) mass is 588 g/mol. The molecule has 0 amide bonds. The van der Waals surface area contributed by atoms with E-state index in [0.717, 1.165) is 15.7 Å². The number of benzene rings is 3. The quantitative estimate of drug-likeness (QED) is 0.271. The molecule has 0 bridgehead atoms. The zero-order valence-corrected chi connectivity index (χ0v) is 23.5. The standard InChI is InChI=1S/C32H29FN2O8/c1-20-8-6-11-22(14-20)29(36)35-30(37)25(33)17-34(32(35)39)28-16-26(41-18-21-9-4-3-5-10-21)27(43-28)19-42-31(38)23-12-7-13-24(15-23)40-2/h3-15,17,26-28H,16,18-19H2,1-2H3/t26?,27-,28-/m0/s1. The minimum absolute atomic E-state index is 0.0460. The second-order valence-electron chi connectivity index (χ2n) is 10.0. The highest BCUT2D eigenvalue weighted by Gasteiger charge is 2.39. The second-order valence-corrected chi connectivity index (χ2v) is 10.0. The molecule has 0 aliphatic carbocycles. The summed E-state index contributed by atoms with van der Waals surface area (Å²) in [6.45, 7) is 1.69. The zero-order valence-electron chi connectivity index (χ0n) is 23.5. The maximum Gasteiger partial charge on any atom is 0.340 e.